The minimum atomic E-state index is -3.26. The zero-order chi connectivity index (χ0) is 23.4. The molecule has 0 amide bonds. The van der Waals surface area contributed by atoms with Crippen LogP contribution in [-0.2, 0) is 21.0 Å². The van der Waals surface area contributed by atoms with Gasteiger partial charge in [0, 0.05) is 44.0 Å². The maximum Gasteiger partial charge on any atom is 0.225 e. The van der Waals surface area contributed by atoms with Crippen molar-refractivity contribution in [3.63, 3.8) is 0 Å². The van der Waals surface area contributed by atoms with Crippen LogP contribution in [0, 0.1) is 12.8 Å². The molecule has 2 aromatic heterocycles. The number of anilines is 1. The number of nitrogens with zero attached hydrogens (tertiary/aromatic N) is 4. The number of sulfone groups is 1. The highest BCUT2D eigenvalue weighted by molar-refractivity contribution is 7.90. The van der Waals surface area contributed by atoms with Crippen molar-refractivity contribution in [1.29, 1.82) is 0 Å². The molecule has 180 valence electrons. The maximum atomic E-state index is 11.7. The summed E-state index contributed by atoms with van der Waals surface area (Å²) >= 11 is 0. The lowest BCUT2D eigenvalue weighted by Gasteiger charge is -2.34. The summed E-state index contributed by atoms with van der Waals surface area (Å²) in [6, 6.07) is 3.60. The summed E-state index contributed by atoms with van der Waals surface area (Å²) in [6.45, 7) is 6.85. The van der Waals surface area contributed by atoms with Gasteiger partial charge >= 0.3 is 0 Å². The first-order valence-corrected chi connectivity index (χ1v) is 14.1. The summed E-state index contributed by atoms with van der Waals surface area (Å²) in [7, 11) is -3.26. The molecule has 1 aliphatic carbocycles. The van der Waals surface area contributed by atoms with Gasteiger partial charge in [0.1, 0.15) is 0 Å². The lowest BCUT2D eigenvalue weighted by Crippen LogP contribution is -2.36. The second-order valence-electron chi connectivity index (χ2n) is 9.58. The summed E-state index contributed by atoms with van der Waals surface area (Å²) in [4.78, 5) is 15.7. The molecule has 0 radical (unpaired) electrons. The average Bonchev–Trinajstić information content (AvgIpc) is 2.83. The fraction of sp³-hybridized carbons (Fsp3) is 0.640. The van der Waals surface area contributed by atoms with E-state index in [1.54, 1.807) is 6.07 Å². The first-order chi connectivity index (χ1) is 15.8. The summed E-state index contributed by atoms with van der Waals surface area (Å²) in [5.74, 6) is 1.89. The predicted octanol–water partition coefficient (Wildman–Crippen LogP) is 4.11. The van der Waals surface area contributed by atoms with Crippen LogP contribution in [0.2, 0.25) is 0 Å². The van der Waals surface area contributed by atoms with Gasteiger partial charge in [0.2, 0.25) is 5.95 Å². The van der Waals surface area contributed by atoms with Gasteiger partial charge in [-0.1, -0.05) is 13.0 Å². The van der Waals surface area contributed by atoms with Crippen LogP contribution >= 0.6 is 0 Å². The minimum absolute atomic E-state index is 0.163. The third kappa shape index (κ3) is 6.09. The summed E-state index contributed by atoms with van der Waals surface area (Å²) in [5, 5.41) is 0.163. The third-order valence-corrected chi connectivity index (χ3v) is 8.15. The third-order valence-electron chi connectivity index (χ3n) is 7.16. The Morgan fingerprint density at radius 1 is 1.03 bits per heavy atom. The van der Waals surface area contributed by atoms with E-state index in [0.717, 1.165) is 76.3 Å². The van der Waals surface area contributed by atoms with Crippen molar-refractivity contribution >= 4 is 15.8 Å². The SMILES string of the molecule is CCc1cnc(N2CCC(CO[C@H]3CC[C@H](c4ccc(S(C)(=O)=O)nc4C)CC3)CC2)nc1. The monoisotopic (exact) mass is 472 g/mol. The lowest BCUT2D eigenvalue weighted by atomic mass is 9.82. The van der Waals surface area contributed by atoms with Crippen LogP contribution in [0.25, 0.3) is 0 Å². The standard InChI is InChI=1S/C25H36N4O3S/c1-4-19-15-26-25(27-16-19)29-13-11-20(12-14-29)17-32-22-7-5-21(6-8-22)23-9-10-24(28-18(23)2)33(3,30)31/h9-10,15-16,20-22H,4-8,11-14,17H2,1-3H3/t21-,22-. The average molecular weight is 473 g/mol. The molecule has 1 saturated carbocycles. The molecule has 33 heavy (non-hydrogen) atoms. The molecule has 2 aliphatic rings. The van der Waals surface area contributed by atoms with E-state index in [2.05, 4.69) is 26.8 Å². The number of pyridine rings is 1. The molecular weight excluding hydrogens is 436 g/mol. The summed E-state index contributed by atoms with van der Waals surface area (Å²) in [5.41, 5.74) is 3.19. The van der Waals surface area contributed by atoms with Crippen molar-refractivity contribution in [3.8, 4) is 0 Å². The number of piperidine rings is 1. The first-order valence-electron chi connectivity index (χ1n) is 12.2. The van der Waals surface area contributed by atoms with Crippen LogP contribution in [0.4, 0.5) is 5.95 Å². The van der Waals surface area contributed by atoms with Crippen LogP contribution in [0.5, 0.6) is 0 Å². The molecule has 3 heterocycles. The Morgan fingerprint density at radius 3 is 2.27 bits per heavy atom. The van der Waals surface area contributed by atoms with Crippen molar-refractivity contribution < 1.29 is 13.2 Å². The van der Waals surface area contributed by atoms with Crippen LogP contribution < -0.4 is 4.90 Å². The molecule has 0 unspecified atom stereocenters. The number of hydrogen-bond donors (Lipinski definition) is 0. The van der Waals surface area contributed by atoms with Crippen LogP contribution in [0.1, 0.15) is 68.2 Å². The Labute approximate surface area is 197 Å². The van der Waals surface area contributed by atoms with E-state index in [4.69, 9.17) is 4.74 Å². The fourth-order valence-corrected chi connectivity index (χ4v) is 5.61. The molecule has 1 aliphatic heterocycles. The van der Waals surface area contributed by atoms with E-state index in [0.29, 0.717) is 17.9 Å². The van der Waals surface area contributed by atoms with Crippen LogP contribution in [0.15, 0.2) is 29.6 Å². The van der Waals surface area contributed by atoms with Crippen molar-refractivity contribution in [2.75, 3.05) is 30.9 Å². The molecule has 0 N–H and O–H groups in total. The highest BCUT2D eigenvalue weighted by Gasteiger charge is 2.27. The van der Waals surface area contributed by atoms with Gasteiger partial charge < -0.3 is 9.64 Å². The van der Waals surface area contributed by atoms with Gasteiger partial charge in [-0.05, 0) is 80.9 Å². The Bertz CT molecular complexity index is 1030. The molecule has 7 nitrogen and oxygen atoms in total. The van der Waals surface area contributed by atoms with Crippen molar-refractivity contribution in [2.45, 2.75) is 75.8 Å². The number of hydrogen-bond acceptors (Lipinski definition) is 7. The zero-order valence-electron chi connectivity index (χ0n) is 20.0. The zero-order valence-corrected chi connectivity index (χ0v) is 20.9. The fourth-order valence-electron chi connectivity index (χ4n) is 4.99. The first kappa shape index (κ1) is 24.1. The largest absolute Gasteiger partial charge is 0.378 e. The molecule has 0 atom stereocenters. The Morgan fingerprint density at radius 2 is 1.70 bits per heavy atom. The molecule has 2 fully saturated rings. The van der Waals surface area contributed by atoms with Gasteiger partial charge in [0.25, 0.3) is 0 Å². The Balaban J connectivity index is 1.20. The minimum Gasteiger partial charge on any atom is -0.378 e. The predicted molar refractivity (Wildman–Crippen MR) is 129 cm³/mol. The number of rotatable bonds is 7. The highest BCUT2D eigenvalue weighted by atomic mass is 32.2. The van der Waals surface area contributed by atoms with Crippen LogP contribution in [-0.4, -0.2) is 55.4 Å². The normalized spacial score (nSPS) is 22.5. The molecule has 4 rings (SSSR count). The van der Waals surface area contributed by atoms with Crippen molar-refractivity contribution in [3.05, 3.63) is 41.3 Å². The highest BCUT2D eigenvalue weighted by Crippen LogP contribution is 2.36. The van der Waals surface area contributed by atoms with E-state index < -0.39 is 9.84 Å². The molecule has 1 saturated heterocycles. The van der Waals surface area contributed by atoms with Gasteiger partial charge in [-0.2, -0.15) is 0 Å². The van der Waals surface area contributed by atoms with E-state index >= 15 is 0 Å². The molecule has 8 heteroatoms. The smallest absolute Gasteiger partial charge is 0.225 e. The van der Waals surface area contributed by atoms with Gasteiger partial charge in [-0.3, -0.25) is 0 Å². The quantitative estimate of drug-likeness (QED) is 0.599. The second kappa shape index (κ2) is 10.5. The van der Waals surface area contributed by atoms with Gasteiger partial charge in [-0.15, -0.1) is 0 Å². The molecule has 2 aromatic rings. The number of aryl methyl sites for hydroxylation is 2. The van der Waals surface area contributed by atoms with Crippen molar-refractivity contribution in [2.24, 2.45) is 5.92 Å². The van der Waals surface area contributed by atoms with Gasteiger partial charge in [0.05, 0.1) is 6.10 Å². The topological polar surface area (TPSA) is 85.3 Å². The van der Waals surface area contributed by atoms with Gasteiger partial charge in [-0.25, -0.2) is 23.4 Å². The van der Waals surface area contributed by atoms with E-state index in [1.807, 2.05) is 25.4 Å². The summed E-state index contributed by atoms with van der Waals surface area (Å²) in [6.07, 6.45) is 12.8. The molecule has 0 spiro atoms. The van der Waals surface area contributed by atoms with Gasteiger partial charge in [0.15, 0.2) is 14.9 Å². The maximum absolute atomic E-state index is 11.7. The van der Waals surface area contributed by atoms with E-state index in [1.165, 1.54) is 17.4 Å². The Hall–Kier alpha value is -2.06. The van der Waals surface area contributed by atoms with Crippen LogP contribution in [0.3, 0.4) is 0 Å². The number of aromatic nitrogens is 3. The summed E-state index contributed by atoms with van der Waals surface area (Å²) < 4.78 is 29.8. The lowest BCUT2D eigenvalue weighted by molar-refractivity contribution is 0.000509. The Kier molecular flexibility index (Phi) is 7.64. The van der Waals surface area contributed by atoms with E-state index in [9.17, 15) is 8.42 Å². The molecule has 0 bridgehead atoms. The molecule has 0 aromatic carbocycles. The van der Waals surface area contributed by atoms with E-state index in [-0.39, 0.29) is 5.03 Å². The molecular formula is C25H36N4O3S. The van der Waals surface area contributed by atoms with Crippen molar-refractivity contribution in [1.82, 2.24) is 15.0 Å². The number of ether oxygens (including phenoxy) is 1. The second-order valence-corrected chi connectivity index (χ2v) is 11.5.